The molecule has 4 N–H and O–H groups in total. The third-order valence-corrected chi connectivity index (χ3v) is 1.27. The van der Waals surface area contributed by atoms with Crippen LogP contribution in [0.2, 0.25) is 0 Å². The van der Waals surface area contributed by atoms with Crippen LogP contribution in [0.3, 0.4) is 0 Å². The maximum absolute atomic E-state index is 10.4. The minimum Gasteiger partial charge on any atom is -0.369 e. The molecule has 0 unspecified atom stereocenters. The van der Waals surface area contributed by atoms with E-state index in [-0.39, 0.29) is 5.91 Å². The molecule has 0 atom stereocenters. The SMILES string of the molecule is CCN(CCN)CC(N)=O. The molecule has 0 fully saturated rings. The van der Waals surface area contributed by atoms with E-state index in [1.165, 1.54) is 0 Å². The highest BCUT2D eigenvalue weighted by Gasteiger charge is 2.02. The molecule has 0 aromatic heterocycles. The van der Waals surface area contributed by atoms with Gasteiger partial charge in [-0.2, -0.15) is 0 Å². The fraction of sp³-hybridized carbons (Fsp3) is 0.833. The Labute approximate surface area is 61.2 Å². The number of carbonyl (C=O) groups excluding carboxylic acids is 1. The molecule has 0 radical (unpaired) electrons. The van der Waals surface area contributed by atoms with E-state index in [1.807, 2.05) is 11.8 Å². The molecule has 0 bridgehead atoms. The van der Waals surface area contributed by atoms with E-state index in [0.717, 1.165) is 13.1 Å². The van der Waals surface area contributed by atoms with Crippen molar-refractivity contribution in [3.63, 3.8) is 0 Å². The Morgan fingerprint density at radius 3 is 2.50 bits per heavy atom. The Bertz CT molecular complexity index is 105. The van der Waals surface area contributed by atoms with Crippen LogP contribution in [0, 0.1) is 0 Å². The molecule has 0 saturated carbocycles. The highest BCUT2D eigenvalue weighted by atomic mass is 16.1. The lowest BCUT2D eigenvalue weighted by molar-refractivity contribution is -0.119. The molecule has 1 amide bonds. The summed E-state index contributed by atoms with van der Waals surface area (Å²) in [5.41, 5.74) is 10.3. The minimum atomic E-state index is -0.296. The van der Waals surface area contributed by atoms with Crippen molar-refractivity contribution in [2.75, 3.05) is 26.2 Å². The molecular weight excluding hydrogens is 130 g/mol. The predicted octanol–water partition coefficient (Wildman–Crippen LogP) is -1.25. The molecule has 0 aliphatic carbocycles. The minimum absolute atomic E-state index is 0.296. The summed E-state index contributed by atoms with van der Waals surface area (Å²) in [7, 11) is 0. The molecular formula is C6H15N3O. The summed E-state index contributed by atoms with van der Waals surface area (Å²) >= 11 is 0. The van der Waals surface area contributed by atoms with Crippen LogP contribution in [0.25, 0.3) is 0 Å². The van der Waals surface area contributed by atoms with Crippen LogP contribution < -0.4 is 11.5 Å². The van der Waals surface area contributed by atoms with E-state index in [4.69, 9.17) is 11.5 Å². The van der Waals surface area contributed by atoms with Gasteiger partial charge in [0.2, 0.25) is 5.91 Å². The second-order valence-electron chi connectivity index (χ2n) is 2.12. The summed E-state index contributed by atoms with van der Waals surface area (Å²) in [6.45, 7) is 4.41. The normalized spacial score (nSPS) is 10.3. The lowest BCUT2D eigenvalue weighted by atomic mass is 10.4. The van der Waals surface area contributed by atoms with Crippen molar-refractivity contribution in [1.82, 2.24) is 4.90 Å². The second-order valence-corrected chi connectivity index (χ2v) is 2.12. The summed E-state index contributed by atoms with van der Waals surface area (Å²) in [6.07, 6.45) is 0. The smallest absolute Gasteiger partial charge is 0.231 e. The van der Waals surface area contributed by atoms with Gasteiger partial charge >= 0.3 is 0 Å². The van der Waals surface area contributed by atoms with E-state index < -0.39 is 0 Å². The molecule has 0 aromatic rings. The van der Waals surface area contributed by atoms with Gasteiger partial charge in [-0.05, 0) is 6.54 Å². The summed E-state index contributed by atoms with van der Waals surface area (Å²) in [6, 6.07) is 0. The maximum Gasteiger partial charge on any atom is 0.231 e. The Hall–Kier alpha value is -0.610. The quantitative estimate of drug-likeness (QED) is 0.508. The number of carbonyl (C=O) groups is 1. The topological polar surface area (TPSA) is 72.3 Å². The number of hydrogen-bond donors (Lipinski definition) is 2. The van der Waals surface area contributed by atoms with Crippen LogP contribution in [-0.4, -0.2) is 37.0 Å². The molecule has 0 aliphatic rings. The summed E-state index contributed by atoms with van der Waals surface area (Å²) < 4.78 is 0. The summed E-state index contributed by atoms with van der Waals surface area (Å²) in [4.78, 5) is 12.3. The van der Waals surface area contributed by atoms with Crippen molar-refractivity contribution >= 4 is 5.91 Å². The molecule has 4 heteroatoms. The van der Waals surface area contributed by atoms with Gasteiger partial charge in [-0.3, -0.25) is 9.69 Å². The van der Waals surface area contributed by atoms with Gasteiger partial charge in [0.05, 0.1) is 6.54 Å². The average Bonchev–Trinajstić information content (AvgIpc) is 1.86. The molecule has 0 rings (SSSR count). The molecule has 0 saturated heterocycles. The fourth-order valence-corrected chi connectivity index (χ4v) is 0.752. The van der Waals surface area contributed by atoms with Crippen LogP contribution >= 0.6 is 0 Å². The number of likely N-dealkylation sites (N-methyl/N-ethyl adjacent to an activating group) is 1. The number of amides is 1. The van der Waals surface area contributed by atoms with Gasteiger partial charge in [0.1, 0.15) is 0 Å². The maximum atomic E-state index is 10.4. The van der Waals surface area contributed by atoms with E-state index in [0.29, 0.717) is 13.1 Å². The van der Waals surface area contributed by atoms with Crippen molar-refractivity contribution in [2.45, 2.75) is 6.92 Å². The first kappa shape index (κ1) is 9.39. The summed E-state index contributed by atoms with van der Waals surface area (Å²) in [5, 5.41) is 0. The van der Waals surface area contributed by atoms with Crippen LogP contribution in [-0.2, 0) is 4.79 Å². The monoisotopic (exact) mass is 145 g/mol. The first-order chi connectivity index (χ1) is 4.70. The first-order valence-electron chi connectivity index (χ1n) is 3.41. The predicted molar refractivity (Wildman–Crippen MR) is 40.4 cm³/mol. The van der Waals surface area contributed by atoms with E-state index in [1.54, 1.807) is 0 Å². The summed E-state index contributed by atoms with van der Waals surface area (Å²) in [5.74, 6) is -0.296. The van der Waals surface area contributed by atoms with Gasteiger partial charge in [0, 0.05) is 13.1 Å². The largest absolute Gasteiger partial charge is 0.369 e. The molecule has 10 heavy (non-hydrogen) atoms. The lowest BCUT2D eigenvalue weighted by Gasteiger charge is -2.16. The number of nitrogens with two attached hydrogens (primary N) is 2. The molecule has 0 aliphatic heterocycles. The third kappa shape index (κ3) is 4.29. The molecule has 60 valence electrons. The number of nitrogens with zero attached hydrogens (tertiary/aromatic N) is 1. The van der Waals surface area contributed by atoms with Crippen molar-refractivity contribution in [2.24, 2.45) is 11.5 Å². The van der Waals surface area contributed by atoms with Crippen molar-refractivity contribution < 1.29 is 4.79 Å². The van der Waals surface area contributed by atoms with E-state index in [2.05, 4.69) is 0 Å². The van der Waals surface area contributed by atoms with Gasteiger partial charge in [-0.1, -0.05) is 6.92 Å². The first-order valence-corrected chi connectivity index (χ1v) is 3.41. The second kappa shape index (κ2) is 5.20. The number of primary amides is 1. The van der Waals surface area contributed by atoms with Crippen LogP contribution in [0.1, 0.15) is 6.92 Å². The van der Waals surface area contributed by atoms with Gasteiger partial charge in [-0.25, -0.2) is 0 Å². The Kier molecular flexibility index (Phi) is 4.88. The van der Waals surface area contributed by atoms with Gasteiger partial charge < -0.3 is 11.5 Å². The van der Waals surface area contributed by atoms with Crippen molar-refractivity contribution in [3.05, 3.63) is 0 Å². The average molecular weight is 145 g/mol. The number of rotatable bonds is 5. The van der Waals surface area contributed by atoms with E-state index >= 15 is 0 Å². The van der Waals surface area contributed by atoms with Crippen LogP contribution in [0.4, 0.5) is 0 Å². The van der Waals surface area contributed by atoms with Crippen molar-refractivity contribution in [3.8, 4) is 0 Å². The van der Waals surface area contributed by atoms with Crippen LogP contribution in [0.15, 0.2) is 0 Å². The molecule has 4 nitrogen and oxygen atoms in total. The van der Waals surface area contributed by atoms with Crippen molar-refractivity contribution in [1.29, 1.82) is 0 Å². The molecule has 0 aromatic carbocycles. The number of hydrogen-bond acceptors (Lipinski definition) is 3. The Morgan fingerprint density at radius 2 is 2.20 bits per heavy atom. The van der Waals surface area contributed by atoms with Gasteiger partial charge in [-0.15, -0.1) is 0 Å². The third-order valence-electron chi connectivity index (χ3n) is 1.27. The zero-order valence-corrected chi connectivity index (χ0v) is 6.34. The zero-order valence-electron chi connectivity index (χ0n) is 6.34. The Balaban J connectivity index is 3.49. The lowest BCUT2D eigenvalue weighted by Crippen LogP contribution is -2.36. The van der Waals surface area contributed by atoms with Gasteiger partial charge in [0.15, 0.2) is 0 Å². The van der Waals surface area contributed by atoms with E-state index in [9.17, 15) is 4.79 Å². The standard InChI is InChI=1S/C6H15N3O/c1-2-9(4-3-7)5-6(8)10/h2-5,7H2,1H3,(H2,8,10). The fourth-order valence-electron chi connectivity index (χ4n) is 0.752. The highest BCUT2D eigenvalue weighted by Crippen LogP contribution is 1.83. The van der Waals surface area contributed by atoms with Crippen LogP contribution in [0.5, 0.6) is 0 Å². The Morgan fingerprint density at radius 1 is 1.60 bits per heavy atom. The molecule has 0 spiro atoms. The zero-order chi connectivity index (χ0) is 7.98. The molecule has 0 heterocycles. The highest BCUT2D eigenvalue weighted by molar-refractivity contribution is 5.75. The van der Waals surface area contributed by atoms with Gasteiger partial charge in [0.25, 0.3) is 0 Å².